The van der Waals surface area contributed by atoms with Crippen LogP contribution in [0.5, 0.6) is 11.5 Å². The van der Waals surface area contributed by atoms with E-state index < -0.39 is 0 Å². The topological polar surface area (TPSA) is 98.2 Å². The molecule has 0 fully saturated rings. The Balaban J connectivity index is 1.34. The number of benzene rings is 3. The van der Waals surface area contributed by atoms with E-state index in [9.17, 15) is 4.79 Å². The minimum atomic E-state index is -0.119. The summed E-state index contributed by atoms with van der Waals surface area (Å²) in [6, 6.07) is 26.4. The lowest BCUT2D eigenvalue weighted by atomic mass is 10.0. The number of fused-ring (bicyclic) bond motifs is 2. The van der Waals surface area contributed by atoms with Crippen molar-refractivity contribution in [1.29, 1.82) is 0 Å². The van der Waals surface area contributed by atoms with Gasteiger partial charge in [0.1, 0.15) is 13.2 Å². The molecule has 1 atom stereocenters. The predicted molar refractivity (Wildman–Crippen MR) is 157 cm³/mol. The maximum Gasteiger partial charge on any atom is 0.252 e. The van der Waals surface area contributed by atoms with Crippen LogP contribution in [0, 0.1) is 0 Å². The average molecular weight is 551 g/mol. The van der Waals surface area contributed by atoms with Crippen molar-refractivity contribution < 1.29 is 9.47 Å². The van der Waals surface area contributed by atoms with Crippen molar-refractivity contribution in [2.75, 3.05) is 13.2 Å². The van der Waals surface area contributed by atoms with Gasteiger partial charge in [-0.2, -0.15) is 0 Å². The molecule has 1 N–H and O–H groups in total. The van der Waals surface area contributed by atoms with Gasteiger partial charge in [-0.05, 0) is 46.5 Å². The van der Waals surface area contributed by atoms with Crippen LogP contribution in [-0.2, 0) is 26.1 Å². The van der Waals surface area contributed by atoms with Gasteiger partial charge in [-0.15, -0.1) is 5.10 Å². The normalized spacial score (nSPS) is 13.5. The summed E-state index contributed by atoms with van der Waals surface area (Å²) < 4.78 is 13.4. The molecule has 3 aromatic carbocycles. The molecule has 5 aromatic rings. The predicted octanol–water partition coefficient (Wildman–Crippen LogP) is 5.07. The first-order valence-electron chi connectivity index (χ1n) is 14.2. The van der Waals surface area contributed by atoms with Gasteiger partial charge in [-0.1, -0.05) is 74.0 Å². The number of nitrogens with zero attached hydrogens (tertiary/aromatic N) is 5. The van der Waals surface area contributed by atoms with Gasteiger partial charge in [0.05, 0.1) is 11.6 Å². The molecule has 0 spiro atoms. The molecule has 9 heteroatoms. The minimum Gasteiger partial charge on any atom is -0.486 e. The zero-order valence-electron chi connectivity index (χ0n) is 23.2. The van der Waals surface area contributed by atoms with E-state index in [0.717, 1.165) is 41.6 Å². The van der Waals surface area contributed by atoms with Crippen molar-refractivity contribution in [3.8, 4) is 11.5 Å². The molecule has 0 saturated carbocycles. The van der Waals surface area contributed by atoms with E-state index in [1.54, 1.807) is 0 Å². The van der Waals surface area contributed by atoms with E-state index in [1.807, 2.05) is 59.3 Å². The summed E-state index contributed by atoms with van der Waals surface area (Å²) in [5.41, 5.74) is 3.68. The number of hydrogen-bond donors (Lipinski definition) is 1. The molecular weight excluding hydrogens is 516 g/mol. The fourth-order valence-corrected chi connectivity index (χ4v) is 5.46. The second kappa shape index (κ2) is 12.3. The van der Waals surface area contributed by atoms with E-state index in [1.165, 1.54) is 5.56 Å². The number of hydrogen-bond acceptors (Lipinski definition) is 7. The van der Waals surface area contributed by atoms with Crippen molar-refractivity contribution in [2.24, 2.45) is 0 Å². The first-order chi connectivity index (χ1) is 20.2. The quantitative estimate of drug-likeness (QED) is 0.245. The number of aromatic nitrogens is 5. The fourth-order valence-electron chi connectivity index (χ4n) is 5.46. The molecule has 9 nitrogen and oxygen atoms in total. The molecule has 1 unspecified atom stereocenters. The number of aromatic amines is 1. The highest BCUT2D eigenvalue weighted by Crippen LogP contribution is 2.34. The molecule has 0 radical (unpaired) electrons. The summed E-state index contributed by atoms with van der Waals surface area (Å²) in [5, 5.41) is 13.9. The Labute approximate surface area is 238 Å². The van der Waals surface area contributed by atoms with Crippen LogP contribution in [0.15, 0.2) is 83.7 Å². The molecule has 1 aliphatic heterocycles. The number of tetrazole rings is 1. The van der Waals surface area contributed by atoms with Crippen molar-refractivity contribution in [1.82, 2.24) is 30.1 Å². The number of pyridine rings is 1. The lowest BCUT2D eigenvalue weighted by Gasteiger charge is -2.31. The largest absolute Gasteiger partial charge is 0.486 e. The molecule has 210 valence electrons. The van der Waals surface area contributed by atoms with Crippen LogP contribution in [0.4, 0.5) is 0 Å². The van der Waals surface area contributed by atoms with Crippen molar-refractivity contribution in [3.63, 3.8) is 0 Å². The Morgan fingerprint density at radius 2 is 1.63 bits per heavy atom. The number of aryl methyl sites for hydroxylation is 2. The highest BCUT2D eigenvalue weighted by molar-refractivity contribution is 5.83. The standard InChI is InChI=1S/C32H34N6O3/c1-2-9-28(31-34-35-36-38(31)15-14-23-10-5-3-6-11-23)37(21-24-12-7-4-8-13-24)22-26-18-25-19-29-30(41-17-16-40-29)20-27(25)33-32(26)39/h3-8,10-13,18-20,28H,2,9,14-17,21-22H2,1H3,(H,33,39). The molecule has 6 rings (SSSR count). The Kier molecular flexibility index (Phi) is 8.04. The van der Waals surface area contributed by atoms with Gasteiger partial charge in [0.2, 0.25) is 0 Å². The highest BCUT2D eigenvalue weighted by atomic mass is 16.6. The van der Waals surface area contributed by atoms with Crippen LogP contribution in [0.25, 0.3) is 10.9 Å². The second-order valence-electron chi connectivity index (χ2n) is 10.4. The van der Waals surface area contributed by atoms with E-state index in [-0.39, 0.29) is 11.6 Å². The third-order valence-corrected chi connectivity index (χ3v) is 7.50. The Morgan fingerprint density at radius 3 is 2.37 bits per heavy atom. The van der Waals surface area contributed by atoms with Crippen LogP contribution in [0.1, 0.15) is 48.3 Å². The minimum absolute atomic E-state index is 0.0821. The average Bonchev–Trinajstić information content (AvgIpc) is 3.47. The lowest BCUT2D eigenvalue weighted by molar-refractivity contribution is 0.155. The van der Waals surface area contributed by atoms with E-state index in [2.05, 4.69) is 56.6 Å². The molecule has 41 heavy (non-hydrogen) atoms. The van der Waals surface area contributed by atoms with Crippen LogP contribution >= 0.6 is 0 Å². The monoisotopic (exact) mass is 550 g/mol. The van der Waals surface area contributed by atoms with Crippen LogP contribution in [-0.4, -0.2) is 43.3 Å². The summed E-state index contributed by atoms with van der Waals surface area (Å²) >= 11 is 0. The molecule has 1 aliphatic rings. The molecule has 0 saturated heterocycles. The van der Waals surface area contributed by atoms with Crippen LogP contribution in [0.3, 0.4) is 0 Å². The molecule has 0 aliphatic carbocycles. The maximum absolute atomic E-state index is 13.4. The maximum atomic E-state index is 13.4. The first kappa shape index (κ1) is 26.7. The van der Waals surface area contributed by atoms with Crippen molar-refractivity contribution in [2.45, 2.75) is 51.9 Å². The van der Waals surface area contributed by atoms with Gasteiger partial charge in [-0.25, -0.2) is 4.68 Å². The van der Waals surface area contributed by atoms with Crippen molar-refractivity contribution in [3.05, 3.63) is 112 Å². The van der Waals surface area contributed by atoms with E-state index in [0.29, 0.717) is 49.9 Å². The van der Waals surface area contributed by atoms with Gasteiger partial charge >= 0.3 is 0 Å². The van der Waals surface area contributed by atoms with Gasteiger partial charge in [0.15, 0.2) is 17.3 Å². The zero-order chi connectivity index (χ0) is 28.0. The molecule has 3 heterocycles. The van der Waals surface area contributed by atoms with Crippen LogP contribution in [0.2, 0.25) is 0 Å². The molecule has 2 aromatic heterocycles. The Hall–Kier alpha value is -4.50. The van der Waals surface area contributed by atoms with Gasteiger partial charge < -0.3 is 14.5 Å². The SMILES string of the molecule is CCCC(c1nnnn1CCc1ccccc1)N(Cc1ccccc1)Cc1cc2cc3c(cc2[nH]c1=O)OCCO3. The van der Waals surface area contributed by atoms with Crippen molar-refractivity contribution >= 4 is 10.9 Å². The van der Waals surface area contributed by atoms with Crippen LogP contribution < -0.4 is 15.0 Å². The van der Waals surface area contributed by atoms with E-state index >= 15 is 0 Å². The summed E-state index contributed by atoms with van der Waals surface area (Å²) in [6.45, 7) is 4.94. The van der Waals surface area contributed by atoms with Gasteiger partial charge in [0, 0.05) is 36.7 Å². The zero-order valence-corrected chi connectivity index (χ0v) is 23.2. The molecule has 0 amide bonds. The molecule has 0 bridgehead atoms. The third kappa shape index (κ3) is 6.15. The molecular formula is C32H34N6O3. The van der Waals surface area contributed by atoms with Gasteiger partial charge in [0.25, 0.3) is 5.56 Å². The number of nitrogens with one attached hydrogen (secondary N) is 1. The Morgan fingerprint density at radius 1 is 0.927 bits per heavy atom. The smallest absolute Gasteiger partial charge is 0.252 e. The Bertz CT molecular complexity index is 1650. The second-order valence-corrected chi connectivity index (χ2v) is 10.4. The first-order valence-corrected chi connectivity index (χ1v) is 14.2. The summed E-state index contributed by atoms with van der Waals surface area (Å²) in [7, 11) is 0. The highest BCUT2D eigenvalue weighted by Gasteiger charge is 2.27. The number of H-pyrrole nitrogens is 1. The fraction of sp³-hybridized carbons (Fsp3) is 0.312. The summed E-state index contributed by atoms with van der Waals surface area (Å²) in [6.07, 6.45) is 2.62. The van der Waals surface area contributed by atoms with Gasteiger partial charge in [-0.3, -0.25) is 9.69 Å². The van der Waals surface area contributed by atoms with E-state index in [4.69, 9.17) is 9.47 Å². The number of ether oxygens (including phenoxy) is 2. The summed E-state index contributed by atoms with van der Waals surface area (Å²) in [5.74, 6) is 2.17. The summed E-state index contributed by atoms with van der Waals surface area (Å²) in [4.78, 5) is 18.8. The third-order valence-electron chi connectivity index (χ3n) is 7.50. The number of rotatable bonds is 11. The lowest BCUT2D eigenvalue weighted by Crippen LogP contribution is -2.32.